The maximum absolute atomic E-state index is 11.1. The molecule has 0 spiro atoms. The summed E-state index contributed by atoms with van der Waals surface area (Å²) in [4.78, 5) is 11.1. The summed E-state index contributed by atoms with van der Waals surface area (Å²) < 4.78 is 0. The quantitative estimate of drug-likeness (QED) is 0.420. The summed E-state index contributed by atoms with van der Waals surface area (Å²) in [6.07, 6.45) is 11.6. The molecule has 1 heteroatoms. The third kappa shape index (κ3) is 7.34. The molecule has 0 aliphatic heterocycles. The predicted octanol–water partition coefficient (Wildman–Crippen LogP) is 2.94. The Bertz CT molecular complexity index is 153. The third-order valence-electron chi connectivity index (χ3n) is 1.86. The molecule has 0 amide bonds. The lowest BCUT2D eigenvalue weighted by Gasteiger charge is -1.97. The fraction of sp³-hybridized carbons (Fsp3) is 0.727. The first-order valence-electron chi connectivity index (χ1n) is 4.76. The van der Waals surface area contributed by atoms with E-state index < -0.39 is 0 Å². The summed E-state index contributed by atoms with van der Waals surface area (Å²) in [7, 11) is 0. The Balaban J connectivity index is 3.15. The Kier molecular flexibility index (Phi) is 7.79. The zero-order valence-corrected chi connectivity index (χ0v) is 7.94. The van der Waals surface area contributed by atoms with Crippen LogP contribution in [0, 0.1) is 12.3 Å². The highest BCUT2D eigenvalue weighted by Gasteiger charge is 1.99. The lowest BCUT2D eigenvalue weighted by molar-refractivity contribution is -0.119. The maximum Gasteiger partial charge on any atom is 0.133 e. The van der Waals surface area contributed by atoms with Crippen molar-refractivity contribution >= 4 is 5.78 Å². The number of rotatable bonds is 7. The number of ketones is 1. The fourth-order valence-electron chi connectivity index (χ4n) is 1.09. The Hall–Kier alpha value is -0.770. The van der Waals surface area contributed by atoms with Crippen molar-refractivity contribution in [1.82, 2.24) is 0 Å². The lowest BCUT2D eigenvalue weighted by Crippen LogP contribution is -1.96. The van der Waals surface area contributed by atoms with E-state index in [9.17, 15) is 4.79 Å². The number of carbonyl (C=O) groups excluding carboxylic acids is 1. The molecule has 0 rings (SSSR count). The zero-order chi connectivity index (χ0) is 9.23. The topological polar surface area (TPSA) is 17.1 Å². The monoisotopic (exact) mass is 166 g/mol. The molecule has 0 bridgehead atoms. The molecule has 0 aromatic heterocycles. The molecule has 0 aliphatic rings. The van der Waals surface area contributed by atoms with Crippen LogP contribution in [-0.4, -0.2) is 5.78 Å². The number of Topliss-reactive ketones (excluding diaryl/α,β-unsaturated/α-hetero) is 1. The van der Waals surface area contributed by atoms with Gasteiger partial charge in [-0.25, -0.2) is 0 Å². The van der Waals surface area contributed by atoms with Crippen LogP contribution in [0.3, 0.4) is 0 Å². The highest BCUT2D eigenvalue weighted by atomic mass is 16.1. The predicted molar refractivity (Wildman–Crippen MR) is 51.8 cm³/mol. The molecule has 0 N–H and O–H groups in total. The molecule has 0 aromatic rings. The van der Waals surface area contributed by atoms with Gasteiger partial charge in [0, 0.05) is 19.3 Å². The SMILES string of the molecule is C#CCCC(=O)CCCCCC. The van der Waals surface area contributed by atoms with E-state index in [-0.39, 0.29) is 0 Å². The molecule has 0 atom stereocenters. The summed E-state index contributed by atoms with van der Waals surface area (Å²) in [5.74, 6) is 2.80. The van der Waals surface area contributed by atoms with Crippen LogP contribution in [-0.2, 0) is 4.79 Å². The van der Waals surface area contributed by atoms with Crippen molar-refractivity contribution in [2.75, 3.05) is 0 Å². The van der Waals surface area contributed by atoms with Crippen LogP contribution in [0.5, 0.6) is 0 Å². The van der Waals surface area contributed by atoms with E-state index >= 15 is 0 Å². The second kappa shape index (κ2) is 8.33. The van der Waals surface area contributed by atoms with Crippen molar-refractivity contribution in [2.45, 2.75) is 51.9 Å². The molecule has 0 fully saturated rings. The number of unbranched alkanes of at least 4 members (excludes halogenated alkanes) is 3. The van der Waals surface area contributed by atoms with Crippen molar-refractivity contribution < 1.29 is 4.79 Å². The first-order valence-corrected chi connectivity index (χ1v) is 4.76. The van der Waals surface area contributed by atoms with Crippen LogP contribution in [0.1, 0.15) is 51.9 Å². The van der Waals surface area contributed by atoms with Gasteiger partial charge in [0.2, 0.25) is 0 Å². The van der Waals surface area contributed by atoms with Gasteiger partial charge in [-0.1, -0.05) is 26.2 Å². The van der Waals surface area contributed by atoms with Crippen LogP contribution < -0.4 is 0 Å². The van der Waals surface area contributed by atoms with Gasteiger partial charge in [-0.15, -0.1) is 12.3 Å². The molecule has 0 aromatic carbocycles. The van der Waals surface area contributed by atoms with Crippen molar-refractivity contribution in [3.63, 3.8) is 0 Å². The number of hydrogen-bond acceptors (Lipinski definition) is 1. The van der Waals surface area contributed by atoms with E-state index in [1.165, 1.54) is 19.3 Å². The molecule has 1 nitrogen and oxygen atoms in total. The van der Waals surface area contributed by atoms with Gasteiger partial charge >= 0.3 is 0 Å². The molecule has 0 saturated heterocycles. The van der Waals surface area contributed by atoms with Gasteiger partial charge in [0.25, 0.3) is 0 Å². The Morgan fingerprint density at radius 1 is 1.25 bits per heavy atom. The van der Waals surface area contributed by atoms with E-state index in [2.05, 4.69) is 12.8 Å². The van der Waals surface area contributed by atoms with Gasteiger partial charge < -0.3 is 0 Å². The van der Waals surface area contributed by atoms with Gasteiger partial charge in [-0.3, -0.25) is 4.79 Å². The minimum Gasteiger partial charge on any atom is -0.300 e. The van der Waals surface area contributed by atoms with Gasteiger partial charge in [0.1, 0.15) is 5.78 Å². The van der Waals surface area contributed by atoms with Crippen LogP contribution in [0.2, 0.25) is 0 Å². The van der Waals surface area contributed by atoms with E-state index in [0.29, 0.717) is 18.6 Å². The molecule has 68 valence electrons. The molecule has 0 aliphatic carbocycles. The Morgan fingerprint density at radius 2 is 2.00 bits per heavy atom. The summed E-state index contributed by atoms with van der Waals surface area (Å²) in [5, 5.41) is 0. The fourth-order valence-corrected chi connectivity index (χ4v) is 1.09. The number of carbonyl (C=O) groups is 1. The standard InChI is InChI=1S/C11H18O/c1-3-5-7-8-10-11(12)9-6-4-2/h2H,3,5-10H2,1H3. The first kappa shape index (κ1) is 11.2. The molecule has 0 heterocycles. The minimum absolute atomic E-state index is 0.323. The molecular weight excluding hydrogens is 148 g/mol. The molecular formula is C11H18O. The summed E-state index contributed by atoms with van der Waals surface area (Å²) in [5.41, 5.74) is 0. The van der Waals surface area contributed by atoms with Crippen LogP contribution in [0.25, 0.3) is 0 Å². The van der Waals surface area contributed by atoms with Crippen molar-refractivity contribution in [3.8, 4) is 12.3 Å². The van der Waals surface area contributed by atoms with Crippen molar-refractivity contribution in [1.29, 1.82) is 0 Å². The van der Waals surface area contributed by atoms with Gasteiger partial charge in [0.15, 0.2) is 0 Å². The molecule has 12 heavy (non-hydrogen) atoms. The first-order chi connectivity index (χ1) is 5.81. The van der Waals surface area contributed by atoms with E-state index in [0.717, 1.165) is 12.8 Å². The van der Waals surface area contributed by atoms with Crippen LogP contribution in [0.4, 0.5) is 0 Å². The molecule has 0 unspecified atom stereocenters. The van der Waals surface area contributed by atoms with Crippen LogP contribution >= 0.6 is 0 Å². The largest absolute Gasteiger partial charge is 0.300 e. The number of terminal acetylenes is 1. The van der Waals surface area contributed by atoms with E-state index in [1.807, 2.05) is 0 Å². The summed E-state index contributed by atoms with van der Waals surface area (Å²) in [6, 6.07) is 0. The maximum atomic E-state index is 11.1. The smallest absolute Gasteiger partial charge is 0.133 e. The average Bonchev–Trinajstić information content (AvgIpc) is 2.09. The Morgan fingerprint density at radius 3 is 2.58 bits per heavy atom. The van der Waals surface area contributed by atoms with E-state index in [1.54, 1.807) is 0 Å². The summed E-state index contributed by atoms with van der Waals surface area (Å²) in [6.45, 7) is 2.17. The average molecular weight is 166 g/mol. The lowest BCUT2D eigenvalue weighted by atomic mass is 10.1. The molecule has 0 saturated carbocycles. The highest BCUT2D eigenvalue weighted by Crippen LogP contribution is 2.04. The third-order valence-corrected chi connectivity index (χ3v) is 1.86. The Labute approximate surface area is 75.5 Å². The van der Waals surface area contributed by atoms with Gasteiger partial charge in [-0.05, 0) is 6.42 Å². The normalized spacial score (nSPS) is 9.33. The minimum atomic E-state index is 0.323. The second-order valence-electron chi connectivity index (χ2n) is 3.05. The van der Waals surface area contributed by atoms with Crippen molar-refractivity contribution in [3.05, 3.63) is 0 Å². The van der Waals surface area contributed by atoms with Crippen molar-refractivity contribution in [2.24, 2.45) is 0 Å². The van der Waals surface area contributed by atoms with E-state index in [4.69, 9.17) is 6.42 Å². The second-order valence-corrected chi connectivity index (χ2v) is 3.05. The van der Waals surface area contributed by atoms with Crippen LogP contribution in [0.15, 0.2) is 0 Å². The number of hydrogen-bond donors (Lipinski definition) is 0. The highest BCUT2D eigenvalue weighted by molar-refractivity contribution is 5.78. The van der Waals surface area contributed by atoms with Gasteiger partial charge in [0.05, 0.1) is 0 Å². The summed E-state index contributed by atoms with van der Waals surface area (Å²) >= 11 is 0. The van der Waals surface area contributed by atoms with Gasteiger partial charge in [-0.2, -0.15) is 0 Å². The molecule has 0 radical (unpaired) electrons. The zero-order valence-electron chi connectivity index (χ0n) is 7.94.